The molecule has 2 aromatic rings. The van der Waals surface area contributed by atoms with Crippen LogP contribution in [0.3, 0.4) is 0 Å². The van der Waals surface area contributed by atoms with Crippen LogP contribution in [0, 0.1) is 0 Å². The Kier molecular flexibility index (Phi) is 3.34. The number of aromatic nitrogens is 1. The Bertz CT molecular complexity index is 509. The fourth-order valence-corrected chi connectivity index (χ4v) is 2.19. The maximum atomic E-state index is 4.16. The normalized spacial score (nSPS) is 11.5. The molecule has 0 bridgehead atoms. The molecule has 1 nitrogen and oxygen atoms in total. The van der Waals surface area contributed by atoms with Crippen molar-refractivity contribution in [3.8, 4) is 11.1 Å². The number of benzene rings is 1. The van der Waals surface area contributed by atoms with Crippen molar-refractivity contribution in [2.24, 2.45) is 0 Å². The molecule has 0 saturated heterocycles. The van der Waals surface area contributed by atoms with E-state index in [9.17, 15) is 0 Å². The van der Waals surface area contributed by atoms with E-state index in [1.807, 2.05) is 12.3 Å². The Morgan fingerprint density at radius 3 is 2.18 bits per heavy atom. The number of pyridine rings is 1. The van der Waals surface area contributed by atoms with Crippen molar-refractivity contribution in [3.05, 3.63) is 52.8 Å². The molecule has 1 aromatic carbocycles. The van der Waals surface area contributed by atoms with Gasteiger partial charge in [-0.2, -0.15) is 0 Å². The first-order valence-electron chi connectivity index (χ1n) is 5.69. The summed E-state index contributed by atoms with van der Waals surface area (Å²) in [6.07, 6.45) is 3.67. The number of nitrogens with zero attached hydrogens (tertiary/aromatic N) is 1. The molecule has 88 valence electrons. The Balaban J connectivity index is 2.40. The summed E-state index contributed by atoms with van der Waals surface area (Å²) < 4.78 is 1.08. The van der Waals surface area contributed by atoms with E-state index in [2.05, 4.69) is 66.0 Å². The van der Waals surface area contributed by atoms with E-state index in [0.717, 1.165) is 10.0 Å². The van der Waals surface area contributed by atoms with Crippen LogP contribution in [0.15, 0.2) is 47.2 Å². The van der Waals surface area contributed by atoms with Gasteiger partial charge >= 0.3 is 0 Å². The van der Waals surface area contributed by atoms with Crippen LogP contribution in [0.2, 0.25) is 0 Å². The average molecular weight is 290 g/mol. The van der Waals surface area contributed by atoms with Gasteiger partial charge in [0.25, 0.3) is 0 Å². The minimum atomic E-state index is 0.199. The standard InChI is InChI=1S/C15H16BrN/c1-15(2,3)12-6-4-11(5-7-12)13-10-17-9-8-14(13)16/h4-10H,1-3H3. The first kappa shape index (κ1) is 12.3. The van der Waals surface area contributed by atoms with Crippen molar-refractivity contribution in [2.75, 3.05) is 0 Å². The Morgan fingerprint density at radius 1 is 1.00 bits per heavy atom. The summed E-state index contributed by atoms with van der Waals surface area (Å²) in [6.45, 7) is 6.67. The first-order chi connectivity index (χ1) is 7.98. The Labute approximate surface area is 111 Å². The lowest BCUT2D eigenvalue weighted by Crippen LogP contribution is -2.10. The van der Waals surface area contributed by atoms with Crippen molar-refractivity contribution in [2.45, 2.75) is 26.2 Å². The lowest BCUT2D eigenvalue weighted by Gasteiger charge is -2.19. The molecule has 0 spiro atoms. The lowest BCUT2D eigenvalue weighted by molar-refractivity contribution is 0.590. The van der Waals surface area contributed by atoms with E-state index in [-0.39, 0.29) is 5.41 Å². The van der Waals surface area contributed by atoms with Crippen LogP contribution < -0.4 is 0 Å². The highest BCUT2D eigenvalue weighted by Gasteiger charge is 2.13. The summed E-state index contributed by atoms with van der Waals surface area (Å²) in [6, 6.07) is 10.7. The van der Waals surface area contributed by atoms with E-state index in [1.54, 1.807) is 6.20 Å². The largest absolute Gasteiger partial charge is 0.264 e. The van der Waals surface area contributed by atoms with Gasteiger partial charge in [0, 0.05) is 22.4 Å². The molecule has 1 aromatic heterocycles. The third-order valence-corrected chi connectivity index (χ3v) is 3.52. The van der Waals surface area contributed by atoms with Gasteiger partial charge in [-0.1, -0.05) is 61.0 Å². The molecule has 0 amide bonds. The van der Waals surface area contributed by atoms with Crippen LogP contribution in [-0.2, 0) is 5.41 Å². The smallest absolute Gasteiger partial charge is 0.0357 e. The van der Waals surface area contributed by atoms with Crippen LogP contribution >= 0.6 is 15.9 Å². The van der Waals surface area contributed by atoms with Gasteiger partial charge in [0.05, 0.1) is 0 Å². The predicted molar refractivity (Wildman–Crippen MR) is 76.1 cm³/mol. The van der Waals surface area contributed by atoms with Gasteiger partial charge in [-0.25, -0.2) is 0 Å². The first-order valence-corrected chi connectivity index (χ1v) is 6.48. The summed E-state index contributed by atoms with van der Waals surface area (Å²) in [7, 11) is 0. The van der Waals surface area contributed by atoms with E-state index < -0.39 is 0 Å². The van der Waals surface area contributed by atoms with Gasteiger partial charge in [0.15, 0.2) is 0 Å². The third-order valence-electron chi connectivity index (χ3n) is 2.83. The molecule has 0 N–H and O–H groups in total. The van der Waals surface area contributed by atoms with Crippen molar-refractivity contribution in [1.29, 1.82) is 0 Å². The van der Waals surface area contributed by atoms with Crippen LogP contribution in [0.4, 0.5) is 0 Å². The molecule has 1 heterocycles. The second-order valence-corrected chi connectivity index (χ2v) is 6.04. The Morgan fingerprint density at radius 2 is 1.65 bits per heavy atom. The molecule has 2 heteroatoms. The molecule has 0 radical (unpaired) electrons. The zero-order valence-electron chi connectivity index (χ0n) is 10.4. The number of hydrogen-bond donors (Lipinski definition) is 0. The fraction of sp³-hybridized carbons (Fsp3) is 0.267. The lowest BCUT2D eigenvalue weighted by atomic mass is 9.86. The quantitative estimate of drug-likeness (QED) is 0.734. The zero-order valence-corrected chi connectivity index (χ0v) is 12.0. The van der Waals surface area contributed by atoms with E-state index >= 15 is 0 Å². The molecule has 0 fully saturated rings. The van der Waals surface area contributed by atoms with E-state index in [0.29, 0.717) is 0 Å². The molecular formula is C15H16BrN. The number of rotatable bonds is 1. The minimum Gasteiger partial charge on any atom is -0.264 e. The zero-order chi connectivity index (χ0) is 12.5. The van der Waals surface area contributed by atoms with Gasteiger partial charge < -0.3 is 0 Å². The highest BCUT2D eigenvalue weighted by molar-refractivity contribution is 9.10. The van der Waals surface area contributed by atoms with Crippen molar-refractivity contribution in [3.63, 3.8) is 0 Å². The average Bonchev–Trinajstić information content (AvgIpc) is 2.29. The molecule has 0 unspecified atom stereocenters. The molecular weight excluding hydrogens is 274 g/mol. The Hall–Kier alpha value is -1.15. The summed E-state index contributed by atoms with van der Waals surface area (Å²) in [4.78, 5) is 4.16. The number of hydrogen-bond acceptors (Lipinski definition) is 1. The molecule has 0 saturated carbocycles. The summed E-state index contributed by atoms with van der Waals surface area (Å²) in [5.41, 5.74) is 3.87. The summed E-state index contributed by atoms with van der Waals surface area (Å²) in [5, 5.41) is 0. The van der Waals surface area contributed by atoms with Gasteiger partial charge in [-0.3, -0.25) is 4.98 Å². The topological polar surface area (TPSA) is 12.9 Å². The molecule has 17 heavy (non-hydrogen) atoms. The van der Waals surface area contributed by atoms with Crippen molar-refractivity contribution in [1.82, 2.24) is 4.98 Å². The highest BCUT2D eigenvalue weighted by atomic mass is 79.9. The third kappa shape index (κ3) is 2.75. The highest BCUT2D eigenvalue weighted by Crippen LogP contribution is 2.29. The van der Waals surface area contributed by atoms with Crippen LogP contribution in [-0.4, -0.2) is 4.98 Å². The van der Waals surface area contributed by atoms with Gasteiger partial charge in [-0.15, -0.1) is 0 Å². The molecule has 0 aliphatic carbocycles. The molecule has 0 aliphatic heterocycles. The maximum Gasteiger partial charge on any atom is 0.0357 e. The minimum absolute atomic E-state index is 0.199. The second kappa shape index (κ2) is 4.61. The molecule has 0 atom stereocenters. The predicted octanol–water partition coefficient (Wildman–Crippen LogP) is 4.81. The van der Waals surface area contributed by atoms with Gasteiger partial charge in [-0.05, 0) is 22.6 Å². The van der Waals surface area contributed by atoms with Crippen LogP contribution in [0.1, 0.15) is 26.3 Å². The van der Waals surface area contributed by atoms with Crippen LogP contribution in [0.25, 0.3) is 11.1 Å². The van der Waals surface area contributed by atoms with Crippen molar-refractivity contribution < 1.29 is 0 Å². The SMILES string of the molecule is CC(C)(C)c1ccc(-c2cnccc2Br)cc1. The van der Waals surface area contributed by atoms with Crippen molar-refractivity contribution >= 4 is 15.9 Å². The van der Waals surface area contributed by atoms with Crippen LogP contribution in [0.5, 0.6) is 0 Å². The van der Waals surface area contributed by atoms with Gasteiger partial charge in [0.1, 0.15) is 0 Å². The van der Waals surface area contributed by atoms with E-state index in [4.69, 9.17) is 0 Å². The monoisotopic (exact) mass is 289 g/mol. The van der Waals surface area contributed by atoms with E-state index in [1.165, 1.54) is 11.1 Å². The fourth-order valence-electron chi connectivity index (χ4n) is 1.74. The summed E-state index contributed by atoms with van der Waals surface area (Å²) >= 11 is 3.55. The maximum absolute atomic E-state index is 4.16. The molecule has 2 rings (SSSR count). The summed E-state index contributed by atoms with van der Waals surface area (Å²) in [5.74, 6) is 0. The number of halogens is 1. The molecule has 0 aliphatic rings. The van der Waals surface area contributed by atoms with Gasteiger partial charge in [0.2, 0.25) is 0 Å². The second-order valence-electron chi connectivity index (χ2n) is 5.18.